The van der Waals surface area contributed by atoms with Crippen LogP contribution in [0.15, 0.2) is 63.8 Å². The highest BCUT2D eigenvalue weighted by molar-refractivity contribution is 8.01. The predicted octanol–water partition coefficient (Wildman–Crippen LogP) is 2.06. The molecule has 1 fully saturated rings. The lowest BCUT2D eigenvalue weighted by Gasteiger charge is -2.49. The fourth-order valence-corrected chi connectivity index (χ4v) is 7.77. The van der Waals surface area contributed by atoms with E-state index in [-0.39, 0.29) is 35.8 Å². The van der Waals surface area contributed by atoms with Gasteiger partial charge in [-0.05, 0) is 29.0 Å². The van der Waals surface area contributed by atoms with Crippen LogP contribution in [0.5, 0.6) is 0 Å². The number of nitrogens with zero attached hydrogens (tertiary/aromatic N) is 5. The third-order valence-corrected chi connectivity index (χ3v) is 10.2. The fourth-order valence-electron chi connectivity index (χ4n) is 4.10. The van der Waals surface area contributed by atoms with Gasteiger partial charge in [0.25, 0.3) is 17.8 Å². The molecule has 5 rings (SSSR count). The molecule has 18 heteroatoms. The van der Waals surface area contributed by atoms with E-state index in [0.29, 0.717) is 32.0 Å². The number of nitrogens with one attached hydrogen (secondary N) is 3. The summed E-state index contributed by atoms with van der Waals surface area (Å²) in [5.41, 5.74) is 0.556. The minimum atomic E-state index is -1.20. The normalized spacial score (nSPS) is 17.9. The SMILES string of the molecule is O=C(C[n+]1ccc(SCC2=C(C(=O)O)N3C(=O)[C@H](NC(=O)CSc4cc(Cl)ccc4Cl)[C@H]3SC2)cc1)Nc1nn[nH]n1. The average Bonchev–Trinajstić information content (AvgIpc) is 3.48. The van der Waals surface area contributed by atoms with Gasteiger partial charge < -0.3 is 10.4 Å². The van der Waals surface area contributed by atoms with Crippen LogP contribution in [-0.4, -0.2) is 83.0 Å². The van der Waals surface area contributed by atoms with Crippen molar-refractivity contribution in [3.63, 3.8) is 0 Å². The second-order valence-corrected chi connectivity index (χ2v) is 12.9. The molecule has 3 aromatic rings. The third-order valence-electron chi connectivity index (χ3n) is 6.01. The Balaban J connectivity index is 1.15. The van der Waals surface area contributed by atoms with Crippen molar-refractivity contribution >= 4 is 88.1 Å². The molecular weight excluding hydrogens is 647 g/mol. The van der Waals surface area contributed by atoms with E-state index in [1.165, 1.54) is 40.2 Å². The molecule has 218 valence electrons. The van der Waals surface area contributed by atoms with Crippen LogP contribution in [0.25, 0.3) is 0 Å². The summed E-state index contributed by atoms with van der Waals surface area (Å²) in [4.78, 5) is 52.6. The number of hydrogen-bond acceptors (Lipinski definition) is 10. The number of aliphatic carboxylic acids is 1. The zero-order chi connectivity index (χ0) is 29.8. The molecule has 3 amide bonds. The van der Waals surface area contributed by atoms with E-state index in [9.17, 15) is 24.3 Å². The number of rotatable bonds is 11. The molecule has 4 N–H and O–H groups in total. The Morgan fingerprint density at radius 1 is 1.17 bits per heavy atom. The van der Waals surface area contributed by atoms with Gasteiger partial charge in [-0.2, -0.15) is 9.78 Å². The summed E-state index contributed by atoms with van der Waals surface area (Å²) in [6, 6.07) is 7.74. The van der Waals surface area contributed by atoms with E-state index in [1.54, 1.807) is 47.3 Å². The number of aromatic nitrogens is 5. The van der Waals surface area contributed by atoms with E-state index in [1.807, 2.05) is 0 Å². The smallest absolute Gasteiger partial charge is 0.352 e. The Morgan fingerprint density at radius 2 is 1.95 bits per heavy atom. The fraction of sp³-hybridized carbons (Fsp3) is 0.250. The number of carbonyl (C=O) groups excluding carboxylic acids is 3. The van der Waals surface area contributed by atoms with Gasteiger partial charge in [0.15, 0.2) is 12.4 Å². The summed E-state index contributed by atoms with van der Waals surface area (Å²) in [6.07, 6.45) is 3.45. The zero-order valence-corrected chi connectivity index (χ0v) is 25.3. The number of amides is 3. The highest BCUT2D eigenvalue weighted by Gasteiger charge is 2.54. The van der Waals surface area contributed by atoms with Crippen LogP contribution in [0.3, 0.4) is 0 Å². The Bertz CT molecular complexity index is 1560. The molecule has 2 aliphatic heterocycles. The molecule has 0 bridgehead atoms. The average molecular weight is 669 g/mol. The van der Waals surface area contributed by atoms with Gasteiger partial charge in [-0.1, -0.05) is 28.3 Å². The summed E-state index contributed by atoms with van der Waals surface area (Å²) in [5, 5.41) is 28.6. The molecule has 4 heterocycles. The number of thioether (sulfide) groups is 3. The maximum atomic E-state index is 13.0. The van der Waals surface area contributed by atoms with Crippen LogP contribution in [0, 0.1) is 0 Å². The highest BCUT2D eigenvalue weighted by atomic mass is 35.5. The predicted molar refractivity (Wildman–Crippen MR) is 157 cm³/mol. The molecule has 0 aliphatic carbocycles. The molecule has 0 saturated carbocycles. The van der Waals surface area contributed by atoms with Crippen molar-refractivity contribution in [2.24, 2.45) is 0 Å². The highest BCUT2D eigenvalue weighted by Crippen LogP contribution is 2.41. The maximum Gasteiger partial charge on any atom is 0.352 e. The summed E-state index contributed by atoms with van der Waals surface area (Å²) in [6.45, 7) is 0.0354. The van der Waals surface area contributed by atoms with Crippen LogP contribution >= 0.6 is 58.5 Å². The zero-order valence-electron chi connectivity index (χ0n) is 21.3. The number of anilines is 1. The number of aromatic amines is 1. The number of hydrogen-bond donors (Lipinski definition) is 4. The van der Waals surface area contributed by atoms with Gasteiger partial charge in [-0.15, -0.1) is 40.4 Å². The monoisotopic (exact) mass is 667 g/mol. The van der Waals surface area contributed by atoms with E-state index in [2.05, 4.69) is 31.3 Å². The number of H-pyrrole nitrogens is 1. The minimum absolute atomic E-state index is 0.0191. The second kappa shape index (κ2) is 13.3. The van der Waals surface area contributed by atoms with Crippen LogP contribution in [0.2, 0.25) is 10.0 Å². The lowest BCUT2D eigenvalue weighted by molar-refractivity contribution is -0.684. The van der Waals surface area contributed by atoms with E-state index < -0.39 is 23.3 Å². The van der Waals surface area contributed by atoms with Gasteiger partial charge in [0.2, 0.25) is 12.5 Å². The van der Waals surface area contributed by atoms with Crippen LogP contribution in [-0.2, 0) is 25.7 Å². The largest absolute Gasteiger partial charge is 0.477 e. The Morgan fingerprint density at radius 3 is 2.67 bits per heavy atom. The van der Waals surface area contributed by atoms with Gasteiger partial charge in [0.05, 0.1) is 10.8 Å². The molecule has 2 aromatic heterocycles. The molecule has 0 spiro atoms. The van der Waals surface area contributed by atoms with Crippen LogP contribution < -0.4 is 15.2 Å². The molecule has 42 heavy (non-hydrogen) atoms. The number of carboxylic acids is 1. The number of β-lactam (4-membered cyclic amide) rings is 1. The number of halogens is 2. The Labute approximate surface area is 261 Å². The quantitative estimate of drug-likeness (QED) is 0.134. The number of benzene rings is 1. The molecule has 1 aromatic carbocycles. The summed E-state index contributed by atoms with van der Waals surface area (Å²) >= 11 is 16.2. The van der Waals surface area contributed by atoms with Gasteiger partial charge >= 0.3 is 5.97 Å². The van der Waals surface area contributed by atoms with Crippen molar-refractivity contribution in [2.45, 2.75) is 27.8 Å². The van der Waals surface area contributed by atoms with Crippen molar-refractivity contribution in [2.75, 3.05) is 22.6 Å². The van der Waals surface area contributed by atoms with Crippen LogP contribution in [0.1, 0.15) is 0 Å². The van der Waals surface area contributed by atoms with Gasteiger partial charge in [0.1, 0.15) is 17.1 Å². The maximum absolute atomic E-state index is 13.0. The van der Waals surface area contributed by atoms with Gasteiger partial charge in [0, 0.05) is 38.5 Å². The number of tetrazole rings is 1. The lowest BCUT2D eigenvalue weighted by Crippen LogP contribution is -2.70. The molecular formula is C24H21Cl2N8O5S3+. The molecule has 0 unspecified atom stereocenters. The first kappa shape index (κ1) is 30.2. The summed E-state index contributed by atoms with van der Waals surface area (Å²) in [5.74, 6) is -1.52. The molecule has 13 nitrogen and oxygen atoms in total. The van der Waals surface area contributed by atoms with Gasteiger partial charge in [-0.25, -0.2) is 4.79 Å². The van der Waals surface area contributed by atoms with E-state index in [4.69, 9.17) is 23.2 Å². The Kier molecular flexibility index (Phi) is 9.57. The lowest BCUT2D eigenvalue weighted by atomic mass is 10.0. The second-order valence-electron chi connectivity index (χ2n) is 8.85. The Hall–Kier alpha value is -3.31. The van der Waals surface area contributed by atoms with E-state index in [0.717, 1.165) is 4.90 Å². The van der Waals surface area contributed by atoms with Gasteiger partial charge in [-0.3, -0.25) is 24.6 Å². The molecule has 0 radical (unpaired) electrons. The van der Waals surface area contributed by atoms with E-state index >= 15 is 0 Å². The number of carboxylic acid groups (broad SMARTS) is 1. The number of fused-ring (bicyclic) bond motifs is 1. The van der Waals surface area contributed by atoms with Crippen LogP contribution in [0.4, 0.5) is 5.95 Å². The number of carbonyl (C=O) groups is 4. The summed E-state index contributed by atoms with van der Waals surface area (Å²) < 4.78 is 1.66. The topological polar surface area (TPSA) is 174 Å². The first-order valence-electron chi connectivity index (χ1n) is 12.1. The first-order valence-corrected chi connectivity index (χ1v) is 15.9. The standard InChI is InChI=1S/C24H20Cl2N8O5S3/c25-13-1-2-15(26)16(7-13)41-11-18(36)27-19-21(37)34-20(23(38)39)12(10-42-22(19)34)9-40-14-3-5-33(6-4-14)8-17(35)28-24-29-31-32-30-24/h1-7,19,22H,8-11H2,(H3-,27,28,29,30,31,32,35,36,38,39)/p+1/t19-,22+/m0/s1. The third kappa shape index (κ3) is 7.00. The first-order chi connectivity index (χ1) is 20.2. The molecule has 2 atom stereocenters. The molecule has 1 saturated heterocycles. The molecule has 2 aliphatic rings. The van der Waals surface area contributed by atoms with Crippen molar-refractivity contribution < 1.29 is 28.9 Å². The van der Waals surface area contributed by atoms with Crippen molar-refractivity contribution in [1.29, 1.82) is 0 Å². The van der Waals surface area contributed by atoms with Crippen molar-refractivity contribution in [1.82, 2.24) is 30.8 Å². The summed E-state index contributed by atoms with van der Waals surface area (Å²) in [7, 11) is 0. The number of pyridine rings is 1. The van der Waals surface area contributed by atoms with Crippen molar-refractivity contribution in [3.05, 3.63) is 64.0 Å². The van der Waals surface area contributed by atoms with Crippen molar-refractivity contribution in [3.8, 4) is 0 Å². The minimum Gasteiger partial charge on any atom is -0.477 e.